The molecule has 0 fully saturated rings. The first kappa shape index (κ1) is 14.9. The smallest absolute Gasteiger partial charge is 0.337 e. The van der Waals surface area contributed by atoms with Crippen molar-refractivity contribution in [2.75, 3.05) is 27.2 Å². The van der Waals surface area contributed by atoms with E-state index in [4.69, 9.17) is 21.8 Å². The Morgan fingerprint density at radius 2 is 1.94 bits per heavy atom. The third-order valence-corrected chi connectivity index (χ3v) is 1.98. The van der Waals surface area contributed by atoms with Gasteiger partial charge in [0, 0.05) is 6.54 Å². The second-order valence-electron chi connectivity index (χ2n) is 3.31. The highest BCUT2D eigenvalue weighted by Gasteiger charge is 2.04. The van der Waals surface area contributed by atoms with Gasteiger partial charge >= 0.3 is 5.97 Å². The molecule has 0 aliphatic carbocycles. The molecule has 1 aromatic rings. The molecule has 0 saturated carbocycles. The van der Waals surface area contributed by atoms with E-state index in [1.807, 2.05) is 19.0 Å². The van der Waals surface area contributed by atoms with Gasteiger partial charge < -0.3 is 15.1 Å². The van der Waals surface area contributed by atoms with Crippen LogP contribution in [0.4, 0.5) is 0 Å². The van der Waals surface area contributed by atoms with Gasteiger partial charge in [0.05, 0.1) is 17.2 Å². The molecule has 0 heterocycles. The van der Waals surface area contributed by atoms with Crippen LogP contribution in [0.1, 0.15) is 10.4 Å². The first-order chi connectivity index (χ1) is 7.49. The standard InChI is InChI=1S/C7H5ClO2.C4H11NO/c8-6-4-2-1-3-5(6)7(9)10;1-5(2)3-4-6/h1-4H,(H,9,10);6H,3-4H2,1-2H3. The van der Waals surface area contributed by atoms with Crippen LogP contribution in [-0.4, -0.2) is 48.3 Å². The molecule has 0 aromatic heterocycles. The first-order valence-corrected chi connectivity index (χ1v) is 5.10. The molecule has 0 saturated heterocycles. The molecule has 0 bridgehead atoms. The highest BCUT2D eigenvalue weighted by molar-refractivity contribution is 6.33. The van der Waals surface area contributed by atoms with Crippen molar-refractivity contribution in [2.45, 2.75) is 0 Å². The molecular formula is C11H16ClNO3. The van der Waals surface area contributed by atoms with Crippen LogP contribution in [0.15, 0.2) is 24.3 Å². The lowest BCUT2D eigenvalue weighted by Crippen LogP contribution is -2.15. The maximum absolute atomic E-state index is 10.3. The van der Waals surface area contributed by atoms with Gasteiger partial charge in [-0.25, -0.2) is 4.79 Å². The van der Waals surface area contributed by atoms with Gasteiger partial charge in [0.2, 0.25) is 0 Å². The quantitative estimate of drug-likeness (QED) is 0.849. The molecule has 90 valence electrons. The summed E-state index contributed by atoms with van der Waals surface area (Å²) >= 11 is 5.54. The molecule has 0 radical (unpaired) electrons. The van der Waals surface area contributed by atoms with E-state index in [1.54, 1.807) is 18.2 Å². The number of carboxylic acid groups (broad SMARTS) is 1. The fourth-order valence-electron chi connectivity index (χ4n) is 0.835. The van der Waals surface area contributed by atoms with Crippen molar-refractivity contribution in [1.29, 1.82) is 0 Å². The largest absolute Gasteiger partial charge is 0.478 e. The Balaban J connectivity index is 0.000000325. The van der Waals surface area contributed by atoms with Crippen LogP contribution < -0.4 is 0 Å². The number of likely N-dealkylation sites (N-methyl/N-ethyl adjacent to an activating group) is 1. The summed E-state index contributed by atoms with van der Waals surface area (Å²) in [6, 6.07) is 6.33. The van der Waals surface area contributed by atoms with Gasteiger partial charge in [-0.05, 0) is 26.2 Å². The first-order valence-electron chi connectivity index (χ1n) is 4.72. The molecule has 0 amide bonds. The van der Waals surface area contributed by atoms with Crippen molar-refractivity contribution in [1.82, 2.24) is 4.90 Å². The van der Waals surface area contributed by atoms with Gasteiger partial charge in [-0.3, -0.25) is 0 Å². The Kier molecular flexibility index (Phi) is 7.54. The lowest BCUT2D eigenvalue weighted by atomic mass is 10.2. The van der Waals surface area contributed by atoms with E-state index in [1.165, 1.54) is 6.07 Å². The van der Waals surface area contributed by atoms with Gasteiger partial charge in [-0.1, -0.05) is 23.7 Å². The van der Waals surface area contributed by atoms with E-state index < -0.39 is 5.97 Å². The number of halogens is 1. The number of benzene rings is 1. The van der Waals surface area contributed by atoms with Gasteiger partial charge in [0.1, 0.15) is 0 Å². The minimum absolute atomic E-state index is 0.143. The minimum atomic E-state index is -0.995. The predicted molar refractivity (Wildman–Crippen MR) is 64.1 cm³/mol. The van der Waals surface area contributed by atoms with E-state index in [0.717, 1.165) is 6.54 Å². The summed E-state index contributed by atoms with van der Waals surface area (Å²) in [6.45, 7) is 1.02. The minimum Gasteiger partial charge on any atom is -0.478 e. The van der Waals surface area contributed by atoms with Crippen molar-refractivity contribution in [2.24, 2.45) is 0 Å². The Morgan fingerprint density at radius 3 is 2.19 bits per heavy atom. The third-order valence-electron chi connectivity index (χ3n) is 1.65. The maximum atomic E-state index is 10.3. The van der Waals surface area contributed by atoms with Crippen LogP contribution in [-0.2, 0) is 0 Å². The van der Waals surface area contributed by atoms with E-state index in [9.17, 15) is 4.79 Å². The Bertz CT molecular complexity index is 329. The number of hydrogen-bond donors (Lipinski definition) is 2. The normalized spacial score (nSPS) is 9.56. The highest BCUT2D eigenvalue weighted by Crippen LogP contribution is 2.13. The predicted octanol–water partition coefficient (Wildman–Crippen LogP) is 1.58. The molecule has 0 unspecified atom stereocenters. The average Bonchev–Trinajstić information content (AvgIpc) is 2.18. The summed E-state index contributed by atoms with van der Waals surface area (Å²) in [6.07, 6.45) is 0. The van der Waals surface area contributed by atoms with Crippen LogP contribution in [0.5, 0.6) is 0 Å². The van der Waals surface area contributed by atoms with Crippen LogP contribution >= 0.6 is 11.6 Å². The average molecular weight is 246 g/mol. The lowest BCUT2D eigenvalue weighted by Gasteiger charge is -2.03. The SMILES string of the molecule is CN(C)CCO.O=C(O)c1ccccc1Cl. The Hall–Kier alpha value is -1.10. The Morgan fingerprint density at radius 1 is 1.38 bits per heavy atom. The van der Waals surface area contributed by atoms with Crippen LogP contribution in [0.3, 0.4) is 0 Å². The Labute approximate surface area is 100 Å². The number of rotatable bonds is 3. The third kappa shape index (κ3) is 6.40. The van der Waals surface area contributed by atoms with Crippen LogP contribution in [0.25, 0.3) is 0 Å². The van der Waals surface area contributed by atoms with Crippen molar-refractivity contribution in [3.63, 3.8) is 0 Å². The molecule has 0 aliphatic rings. The molecule has 5 heteroatoms. The fourth-order valence-corrected chi connectivity index (χ4v) is 1.05. The van der Waals surface area contributed by atoms with Gasteiger partial charge in [-0.15, -0.1) is 0 Å². The topological polar surface area (TPSA) is 60.8 Å². The van der Waals surface area contributed by atoms with E-state index in [2.05, 4.69) is 0 Å². The monoisotopic (exact) mass is 245 g/mol. The second-order valence-corrected chi connectivity index (χ2v) is 3.72. The summed E-state index contributed by atoms with van der Waals surface area (Å²) in [5.41, 5.74) is 0.143. The summed E-state index contributed by atoms with van der Waals surface area (Å²) in [7, 11) is 3.85. The molecular weight excluding hydrogens is 230 g/mol. The number of carboxylic acids is 1. The zero-order valence-corrected chi connectivity index (χ0v) is 10.1. The zero-order valence-electron chi connectivity index (χ0n) is 9.35. The lowest BCUT2D eigenvalue weighted by molar-refractivity contribution is 0.0697. The van der Waals surface area contributed by atoms with Gasteiger partial charge in [-0.2, -0.15) is 0 Å². The number of nitrogens with zero attached hydrogens (tertiary/aromatic N) is 1. The maximum Gasteiger partial charge on any atom is 0.337 e. The van der Waals surface area contributed by atoms with Gasteiger partial charge in [0.15, 0.2) is 0 Å². The molecule has 0 spiro atoms. The summed E-state index contributed by atoms with van der Waals surface area (Å²) < 4.78 is 0. The molecule has 16 heavy (non-hydrogen) atoms. The van der Waals surface area contributed by atoms with Crippen molar-refractivity contribution in [3.8, 4) is 0 Å². The van der Waals surface area contributed by atoms with E-state index >= 15 is 0 Å². The molecule has 1 rings (SSSR count). The van der Waals surface area contributed by atoms with Gasteiger partial charge in [0.25, 0.3) is 0 Å². The van der Waals surface area contributed by atoms with E-state index in [0.29, 0.717) is 0 Å². The molecule has 0 aliphatic heterocycles. The molecule has 4 nitrogen and oxygen atoms in total. The number of aliphatic hydroxyl groups excluding tert-OH is 1. The number of carbonyl (C=O) groups is 1. The molecule has 2 N–H and O–H groups in total. The second kappa shape index (κ2) is 8.10. The zero-order chi connectivity index (χ0) is 12.6. The van der Waals surface area contributed by atoms with Crippen molar-refractivity contribution >= 4 is 17.6 Å². The summed E-state index contributed by atoms with van der Waals surface area (Å²) in [5.74, 6) is -0.995. The summed E-state index contributed by atoms with van der Waals surface area (Å²) in [5, 5.41) is 16.9. The van der Waals surface area contributed by atoms with Crippen LogP contribution in [0.2, 0.25) is 5.02 Å². The number of hydrogen-bond acceptors (Lipinski definition) is 3. The number of aliphatic hydroxyl groups is 1. The van der Waals surface area contributed by atoms with Crippen LogP contribution in [0, 0.1) is 0 Å². The van der Waals surface area contributed by atoms with E-state index in [-0.39, 0.29) is 17.2 Å². The van der Waals surface area contributed by atoms with Crippen molar-refractivity contribution in [3.05, 3.63) is 34.9 Å². The molecule has 0 atom stereocenters. The summed E-state index contributed by atoms with van der Waals surface area (Å²) in [4.78, 5) is 12.3. The highest BCUT2D eigenvalue weighted by atomic mass is 35.5. The van der Waals surface area contributed by atoms with Crippen molar-refractivity contribution < 1.29 is 15.0 Å². The number of aromatic carboxylic acids is 1. The fraction of sp³-hybridized carbons (Fsp3) is 0.364. The molecule has 1 aromatic carbocycles.